The second kappa shape index (κ2) is 4.98. The van der Waals surface area contributed by atoms with E-state index in [1.54, 1.807) is 18.2 Å². The van der Waals surface area contributed by atoms with E-state index in [0.717, 1.165) is 4.47 Å². The summed E-state index contributed by atoms with van der Waals surface area (Å²) < 4.78 is 11.2. The smallest absolute Gasteiger partial charge is 0.322 e. The van der Waals surface area contributed by atoms with Crippen LogP contribution in [0.2, 0.25) is 0 Å². The van der Waals surface area contributed by atoms with E-state index in [-0.39, 0.29) is 17.8 Å². The van der Waals surface area contributed by atoms with Gasteiger partial charge in [-0.3, -0.25) is 10.1 Å². The van der Waals surface area contributed by atoms with E-state index in [2.05, 4.69) is 31.4 Å². The molecule has 3 aromatic heterocycles. The fourth-order valence-corrected chi connectivity index (χ4v) is 2.69. The number of furan rings is 1. The number of aromatic nitrogens is 2. The Bertz CT molecular complexity index is 704. The Hall–Kier alpha value is -1.93. The molecular formula is C11H6BrN3O3S. The van der Waals surface area contributed by atoms with Gasteiger partial charge in [0.05, 0.1) is 11.1 Å². The van der Waals surface area contributed by atoms with Crippen molar-refractivity contribution in [3.63, 3.8) is 0 Å². The van der Waals surface area contributed by atoms with Crippen molar-refractivity contribution in [1.29, 1.82) is 0 Å². The number of nitrogens with one attached hydrogen (secondary N) is 1. The van der Waals surface area contributed by atoms with Crippen LogP contribution < -0.4 is 5.32 Å². The first-order chi connectivity index (χ1) is 9.22. The maximum atomic E-state index is 11.9. The van der Waals surface area contributed by atoms with Gasteiger partial charge < -0.3 is 8.83 Å². The minimum atomic E-state index is -0.301. The molecule has 96 valence electrons. The van der Waals surface area contributed by atoms with Gasteiger partial charge >= 0.3 is 6.01 Å². The van der Waals surface area contributed by atoms with Crippen LogP contribution in [0.3, 0.4) is 0 Å². The Morgan fingerprint density at radius 1 is 1.42 bits per heavy atom. The van der Waals surface area contributed by atoms with Gasteiger partial charge in [0.25, 0.3) is 11.8 Å². The highest BCUT2D eigenvalue weighted by Gasteiger charge is 2.15. The average molecular weight is 340 g/mol. The molecule has 3 aromatic rings. The molecular weight excluding hydrogens is 334 g/mol. The summed E-state index contributed by atoms with van der Waals surface area (Å²) in [7, 11) is 0. The van der Waals surface area contributed by atoms with Gasteiger partial charge in [0.1, 0.15) is 0 Å². The van der Waals surface area contributed by atoms with Gasteiger partial charge in [-0.05, 0) is 34.1 Å². The number of hydrogen-bond acceptors (Lipinski definition) is 6. The van der Waals surface area contributed by atoms with Crippen LogP contribution in [0.15, 0.2) is 43.1 Å². The monoisotopic (exact) mass is 339 g/mol. The molecule has 0 bridgehead atoms. The summed E-state index contributed by atoms with van der Waals surface area (Å²) in [6.07, 6.45) is 1.50. The van der Waals surface area contributed by atoms with E-state index in [9.17, 15) is 4.79 Å². The molecule has 0 fully saturated rings. The summed E-state index contributed by atoms with van der Waals surface area (Å²) in [4.78, 5) is 12.4. The van der Waals surface area contributed by atoms with Gasteiger partial charge in [-0.2, -0.15) is 0 Å². The van der Waals surface area contributed by atoms with Crippen molar-refractivity contribution in [2.75, 3.05) is 5.32 Å². The molecule has 0 atom stereocenters. The predicted molar refractivity (Wildman–Crippen MR) is 72.0 cm³/mol. The lowest BCUT2D eigenvalue weighted by Crippen LogP contribution is -2.10. The number of anilines is 1. The summed E-state index contributed by atoms with van der Waals surface area (Å²) in [6.45, 7) is 0. The zero-order valence-corrected chi connectivity index (χ0v) is 11.7. The van der Waals surface area contributed by atoms with E-state index in [1.165, 1.54) is 17.6 Å². The van der Waals surface area contributed by atoms with Crippen LogP contribution in [0.25, 0.3) is 11.7 Å². The largest absolute Gasteiger partial charge is 0.459 e. The zero-order valence-electron chi connectivity index (χ0n) is 9.29. The molecule has 1 amide bonds. The molecule has 3 heterocycles. The highest BCUT2D eigenvalue weighted by Crippen LogP contribution is 2.22. The summed E-state index contributed by atoms with van der Waals surface area (Å²) in [5, 5.41) is 11.8. The lowest BCUT2D eigenvalue weighted by atomic mass is 10.4. The van der Waals surface area contributed by atoms with Crippen LogP contribution >= 0.6 is 27.3 Å². The van der Waals surface area contributed by atoms with E-state index in [0.29, 0.717) is 10.6 Å². The van der Waals surface area contributed by atoms with Crippen molar-refractivity contribution in [2.24, 2.45) is 0 Å². The van der Waals surface area contributed by atoms with Crippen LogP contribution in [-0.4, -0.2) is 16.1 Å². The minimum absolute atomic E-state index is 0.0286. The topological polar surface area (TPSA) is 81.2 Å². The number of carbonyl (C=O) groups excluding carboxylic acids is 1. The molecule has 3 rings (SSSR count). The molecule has 0 aliphatic rings. The van der Waals surface area contributed by atoms with E-state index in [4.69, 9.17) is 8.83 Å². The van der Waals surface area contributed by atoms with Gasteiger partial charge in [-0.1, -0.05) is 5.10 Å². The van der Waals surface area contributed by atoms with Crippen LogP contribution in [0, 0.1) is 0 Å². The van der Waals surface area contributed by atoms with Gasteiger partial charge in [0, 0.05) is 9.85 Å². The third-order valence-corrected chi connectivity index (χ3v) is 3.86. The molecule has 8 heteroatoms. The van der Waals surface area contributed by atoms with Crippen LogP contribution in [-0.2, 0) is 0 Å². The molecule has 1 N–H and O–H groups in total. The molecule has 0 saturated heterocycles. The summed E-state index contributed by atoms with van der Waals surface area (Å²) in [6, 6.07) is 5.14. The van der Waals surface area contributed by atoms with E-state index in [1.807, 2.05) is 5.38 Å². The first-order valence-corrected chi connectivity index (χ1v) is 6.82. The summed E-state index contributed by atoms with van der Waals surface area (Å²) in [5.41, 5.74) is 0. The van der Waals surface area contributed by atoms with Crippen molar-refractivity contribution < 1.29 is 13.6 Å². The standard InChI is InChI=1S/C11H6BrN3O3S/c12-6-4-8(19-5-6)9(16)13-11-15-14-10(18-11)7-2-1-3-17-7/h1-5H,(H,13,15,16). The van der Waals surface area contributed by atoms with Crippen molar-refractivity contribution in [2.45, 2.75) is 0 Å². The van der Waals surface area contributed by atoms with Crippen LogP contribution in [0.1, 0.15) is 9.67 Å². The molecule has 0 aliphatic carbocycles. The fraction of sp³-hybridized carbons (Fsp3) is 0. The van der Waals surface area contributed by atoms with E-state index < -0.39 is 0 Å². The van der Waals surface area contributed by atoms with Crippen LogP contribution in [0.4, 0.5) is 6.01 Å². The highest BCUT2D eigenvalue weighted by atomic mass is 79.9. The van der Waals surface area contributed by atoms with Crippen molar-refractivity contribution in [1.82, 2.24) is 10.2 Å². The second-order valence-corrected chi connectivity index (χ2v) is 5.30. The number of carbonyl (C=O) groups is 1. The second-order valence-electron chi connectivity index (χ2n) is 3.47. The molecule has 0 radical (unpaired) electrons. The lowest BCUT2D eigenvalue weighted by molar-refractivity contribution is 0.102. The van der Waals surface area contributed by atoms with Gasteiger partial charge in [0.15, 0.2) is 5.76 Å². The highest BCUT2D eigenvalue weighted by molar-refractivity contribution is 9.10. The number of rotatable bonds is 3. The zero-order chi connectivity index (χ0) is 13.2. The first-order valence-electron chi connectivity index (χ1n) is 5.15. The van der Waals surface area contributed by atoms with E-state index >= 15 is 0 Å². The third-order valence-electron chi connectivity index (χ3n) is 2.17. The SMILES string of the molecule is O=C(Nc1nnc(-c2ccco2)o1)c1cc(Br)cs1. The molecule has 0 aromatic carbocycles. The van der Waals surface area contributed by atoms with Gasteiger partial charge in [-0.15, -0.1) is 16.4 Å². The molecule has 0 saturated carbocycles. The number of halogens is 1. The average Bonchev–Trinajstić information content (AvgIpc) is 3.07. The van der Waals surface area contributed by atoms with Gasteiger partial charge in [-0.25, -0.2) is 0 Å². The third kappa shape index (κ3) is 2.59. The Morgan fingerprint density at radius 2 is 2.32 bits per heavy atom. The number of amides is 1. The number of nitrogens with zero attached hydrogens (tertiary/aromatic N) is 2. The van der Waals surface area contributed by atoms with Crippen molar-refractivity contribution in [3.05, 3.63) is 39.2 Å². The van der Waals surface area contributed by atoms with Gasteiger partial charge in [0.2, 0.25) is 0 Å². The maximum Gasteiger partial charge on any atom is 0.322 e. The minimum Gasteiger partial charge on any atom is -0.459 e. The summed E-state index contributed by atoms with van der Waals surface area (Å²) in [5.74, 6) is 0.366. The molecule has 0 aliphatic heterocycles. The number of hydrogen-bond donors (Lipinski definition) is 1. The van der Waals surface area contributed by atoms with Crippen LogP contribution in [0.5, 0.6) is 0 Å². The fourth-order valence-electron chi connectivity index (χ4n) is 1.36. The molecule has 19 heavy (non-hydrogen) atoms. The van der Waals surface area contributed by atoms with Crippen molar-refractivity contribution in [3.8, 4) is 11.7 Å². The van der Waals surface area contributed by atoms with Crippen molar-refractivity contribution >= 4 is 39.2 Å². The normalized spacial score (nSPS) is 10.6. The predicted octanol–water partition coefficient (Wildman–Crippen LogP) is 3.41. The number of thiophene rings is 1. The lowest BCUT2D eigenvalue weighted by Gasteiger charge is -1.95. The molecule has 6 nitrogen and oxygen atoms in total. The Morgan fingerprint density at radius 3 is 3.00 bits per heavy atom. The Labute approximate surface area is 119 Å². The molecule has 0 spiro atoms. The molecule has 0 unspecified atom stereocenters. The Balaban J connectivity index is 1.76. The quantitative estimate of drug-likeness (QED) is 0.790. The maximum absolute atomic E-state index is 11.9. The Kier molecular flexibility index (Phi) is 3.18. The summed E-state index contributed by atoms with van der Waals surface area (Å²) >= 11 is 4.60. The first kappa shape index (κ1) is 12.1.